The van der Waals surface area contributed by atoms with Crippen LogP contribution in [-0.4, -0.2) is 39.8 Å². The maximum absolute atomic E-state index is 13.9. The molecule has 1 aromatic rings. The second-order valence-corrected chi connectivity index (χ2v) is 7.32. The average Bonchev–Trinajstić information content (AvgIpc) is 3.09. The van der Waals surface area contributed by atoms with Crippen LogP contribution in [-0.2, 0) is 4.74 Å². The molecule has 1 saturated carbocycles. The molecule has 0 saturated heterocycles. The molecular weight excluding hydrogens is 463 g/mol. The number of hydrogen-bond acceptors (Lipinski definition) is 2. The van der Waals surface area contributed by atoms with E-state index >= 15 is 0 Å². The molecule has 1 aromatic carbocycles. The zero-order valence-electron chi connectivity index (χ0n) is 16.5. The van der Waals surface area contributed by atoms with Gasteiger partial charge < -0.3 is 15.4 Å². The first-order chi connectivity index (χ1) is 12.5. The molecule has 0 aromatic heterocycles. The molecule has 1 aliphatic carbocycles. The third-order valence-corrected chi connectivity index (χ3v) is 5.42. The summed E-state index contributed by atoms with van der Waals surface area (Å²) in [4.78, 5) is 4.27. The van der Waals surface area contributed by atoms with Crippen LogP contribution in [0, 0.1) is 17.0 Å². The van der Waals surface area contributed by atoms with E-state index in [2.05, 4.69) is 15.6 Å². The van der Waals surface area contributed by atoms with Crippen LogP contribution in [0.15, 0.2) is 23.2 Å². The molecule has 0 heterocycles. The molecule has 2 N–H and O–H groups in total. The summed E-state index contributed by atoms with van der Waals surface area (Å²) < 4.78 is 32.2. The molecule has 1 atom stereocenters. The van der Waals surface area contributed by atoms with Crippen LogP contribution >= 0.6 is 24.0 Å². The predicted molar refractivity (Wildman–Crippen MR) is 117 cm³/mol. The van der Waals surface area contributed by atoms with Crippen molar-refractivity contribution in [2.24, 2.45) is 10.4 Å². The molecule has 0 spiro atoms. The molecular formula is C20H32F2IN3O. The summed E-state index contributed by atoms with van der Waals surface area (Å²) in [5, 5.41) is 6.68. The Bertz CT molecular complexity index is 607. The standard InChI is InChI=1S/C20H31F2N3O.HI/c1-15(17-7-6-16(21)12-18(17)22)13-24-19(23-2)25-14-20(10-11-26-3)8-4-5-9-20;/h6-7,12,15H,4-5,8-11,13-14H2,1-3H3,(H2,23,24,25);1H. The second kappa shape index (κ2) is 11.8. The highest BCUT2D eigenvalue weighted by Crippen LogP contribution is 2.40. The van der Waals surface area contributed by atoms with Gasteiger partial charge in [-0.3, -0.25) is 4.99 Å². The van der Waals surface area contributed by atoms with E-state index in [4.69, 9.17) is 4.74 Å². The van der Waals surface area contributed by atoms with Crippen LogP contribution in [0.5, 0.6) is 0 Å². The minimum Gasteiger partial charge on any atom is -0.385 e. The molecule has 0 amide bonds. The van der Waals surface area contributed by atoms with Crippen molar-refractivity contribution >= 4 is 29.9 Å². The van der Waals surface area contributed by atoms with Crippen LogP contribution in [0.25, 0.3) is 0 Å². The van der Waals surface area contributed by atoms with E-state index in [-0.39, 0.29) is 35.3 Å². The largest absolute Gasteiger partial charge is 0.385 e. The number of hydrogen-bond donors (Lipinski definition) is 2. The molecule has 0 radical (unpaired) electrons. The Labute approximate surface area is 178 Å². The minimum absolute atomic E-state index is 0. The van der Waals surface area contributed by atoms with Gasteiger partial charge in [0.2, 0.25) is 0 Å². The van der Waals surface area contributed by atoms with Gasteiger partial charge >= 0.3 is 0 Å². The number of rotatable bonds is 8. The highest BCUT2D eigenvalue weighted by Gasteiger charge is 2.33. The van der Waals surface area contributed by atoms with Gasteiger partial charge in [-0.15, -0.1) is 24.0 Å². The smallest absolute Gasteiger partial charge is 0.191 e. The van der Waals surface area contributed by atoms with E-state index in [0.29, 0.717) is 18.1 Å². The van der Waals surface area contributed by atoms with Crippen molar-refractivity contribution in [2.75, 3.05) is 33.9 Å². The highest BCUT2D eigenvalue weighted by molar-refractivity contribution is 14.0. The second-order valence-electron chi connectivity index (χ2n) is 7.32. The lowest BCUT2D eigenvalue weighted by Gasteiger charge is -2.30. The van der Waals surface area contributed by atoms with Gasteiger partial charge in [-0.05, 0) is 36.3 Å². The summed E-state index contributed by atoms with van der Waals surface area (Å²) in [6.07, 6.45) is 5.98. The highest BCUT2D eigenvalue weighted by atomic mass is 127. The van der Waals surface area contributed by atoms with E-state index in [1.807, 2.05) is 6.92 Å². The first-order valence-electron chi connectivity index (χ1n) is 9.38. The Morgan fingerprint density at radius 1 is 1.26 bits per heavy atom. The van der Waals surface area contributed by atoms with Gasteiger partial charge in [0.25, 0.3) is 0 Å². The number of nitrogens with zero attached hydrogens (tertiary/aromatic N) is 1. The average molecular weight is 495 g/mol. The lowest BCUT2D eigenvalue weighted by atomic mass is 9.83. The van der Waals surface area contributed by atoms with Crippen LogP contribution < -0.4 is 10.6 Å². The molecule has 2 rings (SSSR count). The summed E-state index contributed by atoms with van der Waals surface area (Å²) in [5.41, 5.74) is 0.768. The third kappa shape index (κ3) is 7.18. The summed E-state index contributed by atoms with van der Waals surface area (Å²) in [6.45, 7) is 4.06. The van der Waals surface area contributed by atoms with Crippen molar-refractivity contribution < 1.29 is 13.5 Å². The van der Waals surface area contributed by atoms with Crippen LogP contribution in [0.3, 0.4) is 0 Å². The fourth-order valence-corrected chi connectivity index (χ4v) is 3.71. The molecule has 4 nitrogen and oxygen atoms in total. The SMILES string of the molecule is CN=C(NCC(C)c1ccc(F)cc1F)NCC1(CCOC)CCCC1.I. The molecule has 1 aliphatic rings. The molecule has 0 aliphatic heterocycles. The number of methoxy groups -OCH3 is 1. The lowest BCUT2D eigenvalue weighted by molar-refractivity contribution is 0.138. The minimum atomic E-state index is -0.554. The number of halogens is 3. The number of guanidine groups is 1. The molecule has 0 bridgehead atoms. The van der Waals surface area contributed by atoms with Crippen molar-refractivity contribution in [3.63, 3.8) is 0 Å². The van der Waals surface area contributed by atoms with E-state index in [0.717, 1.165) is 25.6 Å². The Morgan fingerprint density at radius 2 is 1.96 bits per heavy atom. The summed E-state index contributed by atoms with van der Waals surface area (Å²) in [7, 11) is 3.47. The fraction of sp³-hybridized carbons (Fsp3) is 0.650. The first kappa shape index (κ1) is 24.1. The first-order valence-corrected chi connectivity index (χ1v) is 9.38. The Kier molecular flexibility index (Phi) is 10.5. The van der Waals surface area contributed by atoms with Crippen molar-refractivity contribution in [2.45, 2.75) is 44.9 Å². The van der Waals surface area contributed by atoms with Crippen LogP contribution in [0.2, 0.25) is 0 Å². The zero-order chi connectivity index (χ0) is 19.0. The maximum Gasteiger partial charge on any atom is 0.191 e. The molecule has 1 unspecified atom stereocenters. The van der Waals surface area contributed by atoms with E-state index in [9.17, 15) is 8.78 Å². The summed E-state index contributed by atoms with van der Waals surface area (Å²) >= 11 is 0. The number of nitrogens with one attached hydrogen (secondary N) is 2. The number of benzene rings is 1. The van der Waals surface area contributed by atoms with Crippen LogP contribution in [0.1, 0.15) is 50.5 Å². The van der Waals surface area contributed by atoms with Crippen molar-refractivity contribution in [3.8, 4) is 0 Å². The van der Waals surface area contributed by atoms with E-state index < -0.39 is 11.6 Å². The van der Waals surface area contributed by atoms with Gasteiger partial charge in [0.05, 0.1) is 0 Å². The topological polar surface area (TPSA) is 45.7 Å². The zero-order valence-corrected chi connectivity index (χ0v) is 18.8. The lowest BCUT2D eigenvalue weighted by Crippen LogP contribution is -2.44. The number of aliphatic imine (C=N–C) groups is 1. The summed E-state index contributed by atoms with van der Waals surface area (Å²) in [5.74, 6) is -0.445. The van der Waals surface area contributed by atoms with E-state index in [1.165, 1.54) is 37.8 Å². The monoisotopic (exact) mass is 495 g/mol. The molecule has 27 heavy (non-hydrogen) atoms. The van der Waals surface area contributed by atoms with Gasteiger partial charge in [-0.2, -0.15) is 0 Å². The van der Waals surface area contributed by atoms with Gasteiger partial charge in [0, 0.05) is 45.8 Å². The van der Waals surface area contributed by atoms with E-state index in [1.54, 1.807) is 14.2 Å². The van der Waals surface area contributed by atoms with Crippen molar-refractivity contribution in [1.29, 1.82) is 0 Å². The number of ether oxygens (including phenoxy) is 1. The Morgan fingerprint density at radius 3 is 2.56 bits per heavy atom. The Hall–Kier alpha value is -0.960. The molecule has 7 heteroatoms. The summed E-state index contributed by atoms with van der Waals surface area (Å²) in [6, 6.07) is 3.73. The third-order valence-electron chi connectivity index (χ3n) is 5.42. The molecule has 154 valence electrons. The fourth-order valence-electron chi connectivity index (χ4n) is 3.71. The normalized spacial score (nSPS) is 17.3. The Balaban J connectivity index is 0.00000364. The predicted octanol–water partition coefficient (Wildman–Crippen LogP) is 4.45. The maximum atomic E-state index is 13.9. The van der Waals surface area contributed by atoms with Crippen molar-refractivity contribution in [1.82, 2.24) is 10.6 Å². The quantitative estimate of drug-likeness (QED) is 0.318. The molecule has 1 fully saturated rings. The van der Waals surface area contributed by atoms with Gasteiger partial charge in [-0.1, -0.05) is 25.8 Å². The van der Waals surface area contributed by atoms with Gasteiger partial charge in [-0.25, -0.2) is 8.78 Å². The van der Waals surface area contributed by atoms with Gasteiger partial charge in [0.1, 0.15) is 11.6 Å². The van der Waals surface area contributed by atoms with Crippen molar-refractivity contribution in [3.05, 3.63) is 35.4 Å². The van der Waals surface area contributed by atoms with Crippen LogP contribution in [0.4, 0.5) is 8.78 Å². The van der Waals surface area contributed by atoms with Gasteiger partial charge in [0.15, 0.2) is 5.96 Å².